The fourth-order valence-electron chi connectivity index (χ4n) is 2.17. The summed E-state index contributed by atoms with van der Waals surface area (Å²) < 4.78 is 31.9. The summed E-state index contributed by atoms with van der Waals surface area (Å²) in [5, 5.41) is 0. The van der Waals surface area contributed by atoms with Crippen molar-refractivity contribution in [1.82, 2.24) is 4.72 Å². The highest BCUT2D eigenvalue weighted by molar-refractivity contribution is 7.89. The lowest BCUT2D eigenvalue weighted by Gasteiger charge is -2.16. The second-order valence-corrected chi connectivity index (χ2v) is 7.07. The molecule has 1 rings (SSSR count). The van der Waals surface area contributed by atoms with Crippen LogP contribution in [0.1, 0.15) is 28.7 Å². The summed E-state index contributed by atoms with van der Waals surface area (Å²) >= 11 is 0. The molecule has 0 bridgehead atoms. The average molecular weight is 342 g/mol. The Bertz CT molecular complexity index is 700. The highest BCUT2D eigenvalue weighted by Crippen LogP contribution is 2.25. The van der Waals surface area contributed by atoms with Crippen LogP contribution in [0.2, 0.25) is 0 Å². The molecule has 0 heterocycles. The van der Waals surface area contributed by atoms with Gasteiger partial charge in [0.1, 0.15) is 0 Å². The first-order valence-corrected chi connectivity index (χ1v) is 8.55. The quantitative estimate of drug-likeness (QED) is 0.705. The van der Waals surface area contributed by atoms with Crippen LogP contribution in [0.3, 0.4) is 0 Å². The van der Waals surface area contributed by atoms with E-state index in [4.69, 9.17) is 5.73 Å². The zero-order valence-corrected chi connectivity index (χ0v) is 14.5. The summed E-state index contributed by atoms with van der Waals surface area (Å²) in [5.74, 6) is -1.46. The number of esters is 1. The molecule has 1 amide bonds. The summed E-state index contributed by atoms with van der Waals surface area (Å²) in [6.07, 6.45) is -0.185. The first-order valence-electron chi connectivity index (χ1n) is 7.07. The predicted molar refractivity (Wildman–Crippen MR) is 85.3 cm³/mol. The molecule has 23 heavy (non-hydrogen) atoms. The van der Waals surface area contributed by atoms with E-state index in [2.05, 4.69) is 9.46 Å². The number of hydrogen-bond acceptors (Lipinski definition) is 5. The van der Waals surface area contributed by atoms with Crippen LogP contribution in [0, 0.1) is 27.7 Å². The molecule has 0 saturated carbocycles. The van der Waals surface area contributed by atoms with Gasteiger partial charge in [0.2, 0.25) is 10.0 Å². The first kappa shape index (κ1) is 19.1. The third-order valence-electron chi connectivity index (χ3n) is 3.56. The van der Waals surface area contributed by atoms with E-state index < -0.39 is 28.5 Å². The number of rotatable bonds is 7. The molecule has 0 radical (unpaired) electrons. The van der Waals surface area contributed by atoms with Crippen LogP contribution in [0.25, 0.3) is 0 Å². The summed E-state index contributed by atoms with van der Waals surface area (Å²) in [6.45, 7) is 6.56. The van der Waals surface area contributed by atoms with Crippen LogP contribution in [-0.4, -0.2) is 33.4 Å². The molecule has 7 nitrogen and oxygen atoms in total. The minimum absolute atomic E-state index is 0.119. The van der Waals surface area contributed by atoms with Gasteiger partial charge in [0.05, 0.1) is 11.3 Å². The smallest absolute Gasteiger partial charge is 0.307 e. The fourth-order valence-corrected chi connectivity index (χ4v) is 3.81. The van der Waals surface area contributed by atoms with E-state index in [1.54, 1.807) is 13.8 Å². The third kappa shape index (κ3) is 5.04. The SMILES string of the molecule is Cc1cc(C)c(C)c(S(=O)(=O)NCCC(=O)OCC(N)=O)c1C. The second kappa shape index (κ2) is 7.56. The van der Waals surface area contributed by atoms with Crippen LogP contribution in [0.5, 0.6) is 0 Å². The molecule has 0 aliphatic heterocycles. The maximum atomic E-state index is 12.5. The molecule has 8 heteroatoms. The highest BCUT2D eigenvalue weighted by Gasteiger charge is 2.22. The monoisotopic (exact) mass is 342 g/mol. The Balaban J connectivity index is 2.82. The lowest BCUT2D eigenvalue weighted by molar-refractivity contribution is -0.147. The maximum Gasteiger partial charge on any atom is 0.307 e. The molecule has 0 saturated heterocycles. The summed E-state index contributed by atoms with van der Waals surface area (Å²) in [4.78, 5) is 22.1. The van der Waals surface area contributed by atoms with Gasteiger partial charge >= 0.3 is 5.97 Å². The molecule has 0 atom stereocenters. The van der Waals surface area contributed by atoms with Crippen molar-refractivity contribution in [3.8, 4) is 0 Å². The number of aryl methyl sites for hydroxylation is 2. The number of carbonyl (C=O) groups is 2. The number of sulfonamides is 1. The van der Waals surface area contributed by atoms with Crippen molar-refractivity contribution in [2.45, 2.75) is 39.0 Å². The van der Waals surface area contributed by atoms with Gasteiger partial charge in [-0.3, -0.25) is 9.59 Å². The molecular weight excluding hydrogens is 320 g/mol. The largest absolute Gasteiger partial charge is 0.456 e. The number of carbonyl (C=O) groups excluding carboxylic acids is 2. The summed E-state index contributed by atoms with van der Waals surface area (Å²) in [6, 6.07) is 1.94. The Morgan fingerprint density at radius 1 is 1.13 bits per heavy atom. The Morgan fingerprint density at radius 2 is 1.65 bits per heavy atom. The number of primary amides is 1. The van der Waals surface area contributed by atoms with Gasteiger partial charge in [-0.1, -0.05) is 6.07 Å². The molecular formula is C15H22N2O5S. The predicted octanol–water partition coefficient (Wildman–Crippen LogP) is 0.617. The van der Waals surface area contributed by atoms with E-state index in [9.17, 15) is 18.0 Å². The van der Waals surface area contributed by atoms with Crippen LogP contribution in [0.4, 0.5) is 0 Å². The standard InChI is InChI=1S/C15H22N2O5S/c1-9-7-10(2)12(4)15(11(9)3)23(20,21)17-6-5-14(19)22-8-13(16)18/h7,17H,5-6,8H2,1-4H3,(H2,16,18). The Labute approximate surface area is 136 Å². The molecule has 1 aromatic rings. The molecule has 3 N–H and O–H groups in total. The lowest BCUT2D eigenvalue weighted by Crippen LogP contribution is -2.29. The van der Waals surface area contributed by atoms with E-state index >= 15 is 0 Å². The van der Waals surface area contributed by atoms with Crippen LogP contribution >= 0.6 is 0 Å². The normalized spacial score (nSPS) is 11.3. The first-order chi connectivity index (χ1) is 10.6. The summed E-state index contributed by atoms with van der Waals surface area (Å²) in [5.41, 5.74) is 7.97. The molecule has 0 aliphatic rings. The van der Waals surface area contributed by atoms with Gasteiger partial charge < -0.3 is 10.5 Å². The second-order valence-electron chi connectivity index (χ2n) is 5.36. The Hall–Kier alpha value is -1.93. The molecule has 0 unspecified atom stereocenters. The molecule has 1 aromatic carbocycles. The Morgan fingerprint density at radius 3 is 2.13 bits per heavy atom. The topological polar surface area (TPSA) is 116 Å². The molecule has 0 aromatic heterocycles. The molecule has 0 fully saturated rings. The van der Waals surface area contributed by atoms with Gasteiger partial charge in [0.25, 0.3) is 5.91 Å². The fraction of sp³-hybridized carbons (Fsp3) is 0.467. The van der Waals surface area contributed by atoms with Crippen LogP contribution in [0.15, 0.2) is 11.0 Å². The van der Waals surface area contributed by atoms with Crippen molar-refractivity contribution < 1.29 is 22.7 Å². The van der Waals surface area contributed by atoms with Crippen molar-refractivity contribution in [2.75, 3.05) is 13.2 Å². The van der Waals surface area contributed by atoms with Gasteiger partial charge in [0, 0.05) is 6.54 Å². The molecule has 0 spiro atoms. The van der Waals surface area contributed by atoms with E-state index in [-0.39, 0.29) is 17.9 Å². The van der Waals surface area contributed by atoms with Gasteiger partial charge in [-0.2, -0.15) is 0 Å². The number of hydrogen-bond donors (Lipinski definition) is 2. The van der Waals surface area contributed by atoms with E-state index in [0.717, 1.165) is 11.1 Å². The molecule has 0 aliphatic carbocycles. The zero-order chi connectivity index (χ0) is 17.8. The molecule has 128 valence electrons. The number of ether oxygens (including phenoxy) is 1. The van der Waals surface area contributed by atoms with Gasteiger partial charge in [-0.05, 0) is 49.9 Å². The van der Waals surface area contributed by atoms with Crippen molar-refractivity contribution in [3.63, 3.8) is 0 Å². The highest BCUT2D eigenvalue weighted by atomic mass is 32.2. The van der Waals surface area contributed by atoms with Crippen LogP contribution in [-0.2, 0) is 24.3 Å². The van der Waals surface area contributed by atoms with Crippen molar-refractivity contribution in [1.29, 1.82) is 0 Å². The number of amides is 1. The Kier molecular flexibility index (Phi) is 6.28. The van der Waals surface area contributed by atoms with Crippen molar-refractivity contribution >= 4 is 21.9 Å². The van der Waals surface area contributed by atoms with E-state index in [0.29, 0.717) is 11.1 Å². The van der Waals surface area contributed by atoms with Crippen molar-refractivity contribution in [3.05, 3.63) is 28.3 Å². The third-order valence-corrected chi connectivity index (χ3v) is 5.30. The van der Waals surface area contributed by atoms with E-state index in [1.165, 1.54) is 0 Å². The van der Waals surface area contributed by atoms with E-state index in [1.807, 2.05) is 19.9 Å². The number of nitrogens with one attached hydrogen (secondary N) is 1. The lowest BCUT2D eigenvalue weighted by atomic mass is 10.0. The van der Waals surface area contributed by atoms with Gasteiger partial charge in [0.15, 0.2) is 6.61 Å². The number of benzene rings is 1. The van der Waals surface area contributed by atoms with Crippen molar-refractivity contribution in [2.24, 2.45) is 5.73 Å². The maximum absolute atomic E-state index is 12.5. The minimum atomic E-state index is -3.74. The van der Waals surface area contributed by atoms with Gasteiger partial charge in [-0.25, -0.2) is 13.1 Å². The summed E-state index contributed by atoms with van der Waals surface area (Å²) in [7, 11) is -3.74. The van der Waals surface area contributed by atoms with Gasteiger partial charge in [-0.15, -0.1) is 0 Å². The number of nitrogens with two attached hydrogens (primary N) is 1. The average Bonchev–Trinajstić information content (AvgIpc) is 2.42. The van der Waals surface area contributed by atoms with Crippen LogP contribution < -0.4 is 10.5 Å². The minimum Gasteiger partial charge on any atom is -0.456 e. The zero-order valence-electron chi connectivity index (χ0n) is 13.7.